The molecular weight excluding hydrogens is 440 g/mol. The Kier molecular flexibility index (Phi) is 8.91. The van der Waals surface area contributed by atoms with Gasteiger partial charge in [-0.15, -0.1) is 12.6 Å². The molecule has 0 amide bonds. The van der Waals surface area contributed by atoms with Crippen LogP contribution in [0.4, 0.5) is 32.0 Å². The lowest BCUT2D eigenvalue weighted by atomic mass is 9.90. The first-order valence-electron chi connectivity index (χ1n) is 9.54. The molecule has 0 aromatic heterocycles. The van der Waals surface area contributed by atoms with Gasteiger partial charge in [0.2, 0.25) is 0 Å². The van der Waals surface area contributed by atoms with Crippen molar-refractivity contribution < 1.29 is 31.4 Å². The highest BCUT2D eigenvalue weighted by atomic mass is 32.1. The van der Waals surface area contributed by atoms with E-state index in [1.165, 1.54) is 5.56 Å². The number of alkyl halides is 6. The van der Waals surface area contributed by atoms with Crippen LogP contribution in [0.15, 0.2) is 35.2 Å². The Hall–Kier alpha value is -1.87. The van der Waals surface area contributed by atoms with Crippen LogP contribution in [0.25, 0.3) is 0 Å². The first-order valence-corrected chi connectivity index (χ1v) is 9.99. The van der Waals surface area contributed by atoms with Crippen molar-refractivity contribution in [1.82, 2.24) is 0 Å². The van der Waals surface area contributed by atoms with Gasteiger partial charge in [0.15, 0.2) is 0 Å². The van der Waals surface area contributed by atoms with Gasteiger partial charge in [0, 0.05) is 16.1 Å². The summed E-state index contributed by atoms with van der Waals surface area (Å²) in [7, 11) is 0. The summed E-state index contributed by atoms with van der Waals surface area (Å²) in [6.45, 7) is 10.3. The smallest absolute Gasteiger partial charge is 0.398 e. The Morgan fingerprint density at radius 3 is 1.48 bits per heavy atom. The molecule has 0 spiro atoms. The number of thiol groups is 1. The predicted octanol–water partition coefficient (Wildman–Crippen LogP) is 7.58. The van der Waals surface area contributed by atoms with E-state index in [0.717, 1.165) is 16.8 Å². The normalized spacial score (nSPS) is 13.3. The van der Waals surface area contributed by atoms with E-state index in [0.29, 0.717) is 24.0 Å². The fraction of sp³-hybridized carbons (Fsp3) is 0.455. The highest BCUT2D eigenvalue weighted by Crippen LogP contribution is 2.37. The third-order valence-electron chi connectivity index (χ3n) is 4.58. The monoisotopic (exact) mass is 467 g/mol. The number of hydrogen-bond donors (Lipinski definition) is 3. The quantitative estimate of drug-likeness (QED) is 0.247. The second-order valence-corrected chi connectivity index (χ2v) is 8.38. The maximum Gasteiger partial charge on any atom is 0.416 e. The number of anilines is 1. The lowest BCUT2D eigenvalue weighted by Crippen LogP contribution is -2.10. The summed E-state index contributed by atoms with van der Waals surface area (Å²) in [5.74, 6) is 0.840. The molecule has 0 radical (unpaired) electrons. The van der Waals surface area contributed by atoms with E-state index in [9.17, 15) is 31.4 Å². The largest absolute Gasteiger partial charge is 0.416 e. The van der Waals surface area contributed by atoms with Crippen LogP contribution in [0.1, 0.15) is 80.4 Å². The number of hydrogen-bond acceptors (Lipinski definition) is 3. The minimum atomic E-state index is -4.81. The molecule has 2 nitrogen and oxygen atoms in total. The van der Waals surface area contributed by atoms with Gasteiger partial charge in [-0.2, -0.15) is 26.3 Å². The Morgan fingerprint density at radius 2 is 1.16 bits per heavy atom. The topological polar surface area (TPSA) is 46.2 Å². The molecule has 1 unspecified atom stereocenters. The average Bonchev–Trinajstić information content (AvgIpc) is 2.59. The number of aliphatic hydroxyl groups is 1. The van der Waals surface area contributed by atoms with Crippen molar-refractivity contribution in [2.24, 2.45) is 0 Å². The lowest BCUT2D eigenvalue weighted by Gasteiger charge is -2.19. The van der Waals surface area contributed by atoms with Crippen LogP contribution in [0.3, 0.4) is 0 Å². The number of rotatable bonds is 3. The number of nitrogen functional groups attached to an aromatic ring is 1. The van der Waals surface area contributed by atoms with Crippen LogP contribution in [-0.2, 0) is 12.4 Å². The van der Waals surface area contributed by atoms with Gasteiger partial charge >= 0.3 is 12.4 Å². The van der Waals surface area contributed by atoms with Gasteiger partial charge in [-0.3, -0.25) is 0 Å². The van der Waals surface area contributed by atoms with E-state index in [1.54, 1.807) is 6.92 Å². The first kappa shape index (κ1) is 27.2. The molecule has 2 aromatic rings. The summed E-state index contributed by atoms with van der Waals surface area (Å²) < 4.78 is 72.8. The molecule has 2 rings (SSSR count). The van der Waals surface area contributed by atoms with Crippen LogP contribution in [0.5, 0.6) is 0 Å². The number of halogens is 6. The molecule has 9 heteroatoms. The molecule has 0 saturated carbocycles. The van der Waals surface area contributed by atoms with Crippen LogP contribution < -0.4 is 5.73 Å². The fourth-order valence-corrected chi connectivity index (χ4v) is 3.10. The zero-order chi connectivity index (χ0) is 24.3. The Labute approximate surface area is 183 Å². The minimum Gasteiger partial charge on any atom is -0.398 e. The minimum absolute atomic E-state index is 0.0553. The average molecular weight is 468 g/mol. The molecule has 0 aliphatic heterocycles. The summed E-state index contributed by atoms with van der Waals surface area (Å²) in [5.41, 5.74) is 7.36. The zero-order valence-corrected chi connectivity index (χ0v) is 18.8. The van der Waals surface area contributed by atoms with E-state index in [2.05, 4.69) is 46.4 Å². The number of benzene rings is 2. The molecule has 3 N–H and O–H groups in total. The van der Waals surface area contributed by atoms with Crippen molar-refractivity contribution in [1.29, 1.82) is 0 Å². The maximum atomic E-state index is 12.1. The van der Waals surface area contributed by atoms with Gasteiger partial charge in [-0.1, -0.05) is 39.8 Å². The van der Waals surface area contributed by atoms with Crippen molar-refractivity contribution in [3.05, 3.63) is 58.1 Å². The SMILES string of the molecule is CC(C)c1cc(C(C)C)c(N)c(C(C)O)c1.FC(F)(F)c1cc(S)cc(C(F)(F)F)c1. The standard InChI is InChI=1S/C14H23NO.C8H4F6S/c1-8(2)11-6-12(9(3)4)14(15)13(7-11)10(5)16;9-7(10,11)4-1-5(8(12,13)14)3-6(15)2-4/h6-10,16H,15H2,1-5H3;1-3,15H. The zero-order valence-electron chi connectivity index (χ0n) is 17.9. The van der Waals surface area contributed by atoms with Crippen molar-refractivity contribution in [3.63, 3.8) is 0 Å². The molecule has 0 fully saturated rings. The lowest BCUT2D eigenvalue weighted by molar-refractivity contribution is -0.143. The molecule has 0 aliphatic rings. The van der Waals surface area contributed by atoms with Crippen molar-refractivity contribution in [3.8, 4) is 0 Å². The molecule has 2 aromatic carbocycles. The molecule has 31 heavy (non-hydrogen) atoms. The fourth-order valence-electron chi connectivity index (χ4n) is 2.82. The number of aliphatic hydroxyl groups excluding tert-OH is 1. The van der Waals surface area contributed by atoms with Gasteiger partial charge in [0.05, 0.1) is 17.2 Å². The summed E-state index contributed by atoms with van der Waals surface area (Å²) in [6.07, 6.45) is -10.1. The van der Waals surface area contributed by atoms with E-state index in [-0.39, 0.29) is 11.0 Å². The Morgan fingerprint density at radius 1 is 0.742 bits per heavy atom. The van der Waals surface area contributed by atoms with Gasteiger partial charge < -0.3 is 10.8 Å². The van der Waals surface area contributed by atoms with Gasteiger partial charge in [0.25, 0.3) is 0 Å². The molecule has 0 aliphatic carbocycles. The van der Waals surface area contributed by atoms with Gasteiger partial charge in [-0.05, 0) is 48.1 Å². The number of nitrogens with two attached hydrogens (primary N) is 1. The Balaban J connectivity index is 0.000000311. The van der Waals surface area contributed by atoms with Gasteiger partial charge in [-0.25, -0.2) is 0 Å². The second-order valence-electron chi connectivity index (χ2n) is 7.86. The maximum absolute atomic E-state index is 12.1. The van der Waals surface area contributed by atoms with E-state index < -0.39 is 29.6 Å². The molecule has 1 atom stereocenters. The van der Waals surface area contributed by atoms with Crippen LogP contribution in [0, 0.1) is 0 Å². The van der Waals surface area contributed by atoms with E-state index >= 15 is 0 Å². The van der Waals surface area contributed by atoms with Crippen LogP contribution in [0.2, 0.25) is 0 Å². The van der Waals surface area contributed by atoms with E-state index in [1.807, 2.05) is 6.07 Å². The summed E-state index contributed by atoms with van der Waals surface area (Å²) in [5, 5.41) is 9.74. The predicted molar refractivity (Wildman–Crippen MR) is 113 cm³/mol. The van der Waals surface area contributed by atoms with Crippen molar-refractivity contribution in [2.75, 3.05) is 5.73 Å². The third kappa shape index (κ3) is 7.64. The second kappa shape index (κ2) is 10.2. The Bertz CT molecular complexity index is 827. The molecule has 0 heterocycles. The van der Waals surface area contributed by atoms with E-state index in [4.69, 9.17) is 5.73 Å². The van der Waals surface area contributed by atoms with Crippen molar-refractivity contribution in [2.45, 2.75) is 69.8 Å². The molecule has 0 bridgehead atoms. The first-order chi connectivity index (χ1) is 13.9. The molecule has 0 saturated heterocycles. The molecular formula is C22H27F6NOS. The summed E-state index contributed by atoms with van der Waals surface area (Å²) in [4.78, 5) is -0.378. The van der Waals surface area contributed by atoms with Gasteiger partial charge in [0.1, 0.15) is 0 Å². The van der Waals surface area contributed by atoms with Crippen LogP contribution in [-0.4, -0.2) is 5.11 Å². The summed E-state index contributed by atoms with van der Waals surface area (Å²) in [6, 6.07) is 5.32. The highest BCUT2D eigenvalue weighted by molar-refractivity contribution is 7.80. The third-order valence-corrected chi connectivity index (χ3v) is 4.84. The highest BCUT2D eigenvalue weighted by Gasteiger charge is 2.36. The molecule has 174 valence electrons. The summed E-state index contributed by atoms with van der Waals surface area (Å²) >= 11 is 3.49. The van der Waals surface area contributed by atoms with Crippen LogP contribution >= 0.6 is 12.6 Å². The van der Waals surface area contributed by atoms with Crippen molar-refractivity contribution >= 4 is 18.3 Å².